The maximum Gasteiger partial charge on any atom is 0.224 e. The standard InChI is InChI=1S/C11H20N2O2/c12-5-4-11(14)13-6-7-15-8-9-2-1-3-10(9)13/h9-10H,1-8,12H2/t9-,10+/m1/s1. The first-order valence-corrected chi connectivity index (χ1v) is 5.90. The van der Waals surface area contributed by atoms with E-state index in [9.17, 15) is 4.79 Å². The molecule has 2 aliphatic rings. The monoisotopic (exact) mass is 212 g/mol. The zero-order chi connectivity index (χ0) is 10.7. The van der Waals surface area contributed by atoms with E-state index in [1.807, 2.05) is 4.90 Å². The molecule has 1 saturated heterocycles. The molecule has 1 aliphatic carbocycles. The molecule has 0 spiro atoms. The van der Waals surface area contributed by atoms with Gasteiger partial charge in [0.25, 0.3) is 0 Å². The van der Waals surface area contributed by atoms with Gasteiger partial charge in [-0.3, -0.25) is 4.79 Å². The third-order valence-electron chi connectivity index (χ3n) is 3.51. The van der Waals surface area contributed by atoms with Gasteiger partial charge in [0, 0.05) is 31.5 Å². The summed E-state index contributed by atoms with van der Waals surface area (Å²) in [7, 11) is 0. The summed E-state index contributed by atoms with van der Waals surface area (Å²) in [4.78, 5) is 13.9. The molecule has 2 atom stereocenters. The van der Waals surface area contributed by atoms with Crippen LogP contribution in [0, 0.1) is 5.92 Å². The molecule has 0 radical (unpaired) electrons. The topological polar surface area (TPSA) is 55.6 Å². The molecule has 0 aromatic heterocycles. The van der Waals surface area contributed by atoms with E-state index in [-0.39, 0.29) is 5.91 Å². The molecule has 15 heavy (non-hydrogen) atoms. The maximum atomic E-state index is 11.9. The second-order valence-corrected chi connectivity index (χ2v) is 4.46. The molecule has 0 bridgehead atoms. The van der Waals surface area contributed by atoms with Gasteiger partial charge in [-0.15, -0.1) is 0 Å². The van der Waals surface area contributed by atoms with Crippen LogP contribution >= 0.6 is 0 Å². The van der Waals surface area contributed by atoms with E-state index >= 15 is 0 Å². The van der Waals surface area contributed by atoms with Crippen molar-refractivity contribution < 1.29 is 9.53 Å². The highest BCUT2D eigenvalue weighted by Gasteiger charge is 2.35. The van der Waals surface area contributed by atoms with E-state index in [2.05, 4.69) is 0 Å². The van der Waals surface area contributed by atoms with Crippen LogP contribution in [0.4, 0.5) is 0 Å². The number of carbonyl (C=O) groups excluding carboxylic acids is 1. The SMILES string of the molecule is NCCC(=O)N1CCOC[C@H]2CCC[C@@H]21. The van der Waals surface area contributed by atoms with Gasteiger partial charge in [0.15, 0.2) is 0 Å². The third-order valence-corrected chi connectivity index (χ3v) is 3.51. The van der Waals surface area contributed by atoms with Gasteiger partial charge >= 0.3 is 0 Å². The number of rotatable bonds is 2. The third kappa shape index (κ3) is 2.32. The van der Waals surface area contributed by atoms with Gasteiger partial charge in [0.2, 0.25) is 5.91 Å². The second-order valence-electron chi connectivity index (χ2n) is 4.46. The summed E-state index contributed by atoms with van der Waals surface area (Å²) in [5, 5.41) is 0. The first-order chi connectivity index (χ1) is 7.33. The molecular weight excluding hydrogens is 192 g/mol. The molecule has 1 aliphatic heterocycles. The Morgan fingerprint density at radius 1 is 1.47 bits per heavy atom. The molecule has 0 unspecified atom stereocenters. The number of fused-ring (bicyclic) bond motifs is 1. The van der Waals surface area contributed by atoms with Crippen LogP contribution in [0.1, 0.15) is 25.7 Å². The molecule has 86 valence electrons. The van der Waals surface area contributed by atoms with Gasteiger partial charge in [0.1, 0.15) is 0 Å². The molecule has 0 aromatic carbocycles. The molecule has 4 nitrogen and oxygen atoms in total. The van der Waals surface area contributed by atoms with Crippen molar-refractivity contribution in [1.82, 2.24) is 4.90 Å². The quantitative estimate of drug-likeness (QED) is 0.719. The summed E-state index contributed by atoms with van der Waals surface area (Å²) >= 11 is 0. The fourth-order valence-electron chi connectivity index (χ4n) is 2.76. The fraction of sp³-hybridized carbons (Fsp3) is 0.909. The average Bonchev–Trinajstić information content (AvgIpc) is 2.58. The van der Waals surface area contributed by atoms with Crippen LogP contribution in [0.15, 0.2) is 0 Å². The molecule has 2 rings (SSSR count). The lowest BCUT2D eigenvalue weighted by atomic mass is 10.0. The van der Waals surface area contributed by atoms with Crippen molar-refractivity contribution in [2.45, 2.75) is 31.7 Å². The minimum atomic E-state index is 0.208. The Hall–Kier alpha value is -0.610. The fourth-order valence-corrected chi connectivity index (χ4v) is 2.76. The smallest absolute Gasteiger partial charge is 0.224 e. The van der Waals surface area contributed by atoms with Gasteiger partial charge in [-0.25, -0.2) is 0 Å². The van der Waals surface area contributed by atoms with Gasteiger partial charge in [-0.1, -0.05) is 6.42 Å². The van der Waals surface area contributed by atoms with E-state index in [4.69, 9.17) is 10.5 Å². The molecular formula is C11H20N2O2. The van der Waals surface area contributed by atoms with Crippen molar-refractivity contribution in [2.75, 3.05) is 26.3 Å². The number of hydrogen-bond donors (Lipinski definition) is 1. The summed E-state index contributed by atoms with van der Waals surface area (Å²) in [5.41, 5.74) is 5.43. The Labute approximate surface area is 90.8 Å². The van der Waals surface area contributed by atoms with E-state index in [0.29, 0.717) is 31.5 Å². The Kier molecular flexibility index (Phi) is 3.59. The van der Waals surface area contributed by atoms with Gasteiger partial charge in [-0.05, 0) is 12.8 Å². The van der Waals surface area contributed by atoms with Gasteiger partial charge < -0.3 is 15.4 Å². The van der Waals surface area contributed by atoms with E-state index < -0.39 is 0 Å². The zero-order valence-corrected chi connectivity index (χ0v) is 9.15. The lowest BCUT2D eigenvalue weighted by Gasteiger charge is -2.29. The second kappa shape index (κ2) is 4.94. The van der Waals surface area contributed by atoms with Crippen molar-refractivity contribution >= 4 is 5.91 Å². The number of carbonyl (C=O) groups is 1. The Morgan fingerprint density at radius 3 is 3.13 bits per heavy atom. The van der Waals surface area contributed by atoms with E-state index in [1.165, 1.54) is 12.8 Å². The number of nitrogens with two attached hydrogens (primary N) is 1. The number of ether oxygens (including phenoxy) is 1. The Bertz CT molecular complexity index is 233. The molecule has 1 saturated carbocycles. The van der Waals surface area contributed by atoms with Crippen molar-refractivity contribution in [3.05, 3.63) is 0 Å². The summed E-state index contributed by atoms with van der Waals surface area (Å²) in [5.74, 6) is 0.772. The number of hydrogen-bond acceptors (Lipinski definition) is 3. The number of nitrogens with zero attached hydrogens (tertiary/aromatic N) is 1. The summed E-state index contributed by atoms with van der Waals surface area (Å²) < 4.78 is 5.54. The van der Waals surface area contributed by atoms with Crippen LogP contribution in [-0.4, -0.2) is 43.2 Å². The first kappa shape index (κ1) is 10.9. The van der Waals surface area contributed by atoms with Crippen LogP contribution in [0.5, 0.6) is 0 Å². The van der Waals surface area contributed by atoms with E-state index in [0.717, 1.165) is 19.6 Å². The Morgan fingerprint density at radius 2 is 2.33 bits per heavy atom. The van der Waals surface area contributed by atoms with E-state index in [1.54, 1.807) is 0 Å². The molecule has 1 amide bonds. The summed E-state index contributed by atoms with van der Waals surface area (Å²) in [6.45, 7) is 2.72. The van der Waals surface area contributed by atoms with Gasteiger partial charge in [-0.2, -0.15) is 0 Å². The summed E-state index contributed by atoms with van der Waals surface area (Å²) in [6, 6.07) is 0.423. The lowest BCUT2D eigenvalue weighted by molar-refractivity contribution is -0.133. The number of amides is 1. The van der Waals surface area contributed by atoms with Crippen molar-refractivity contribution in [3.63, 3.8) is 0 Å². The van der Waals surface area contributed by atoms with Crippen molar-refractivity contribution in [1.29, 1.82) is 0 Å². The Balaban J connectivity index is 2.03. The summed E-state index contributed by atoms with van der Waals surface area (Å²) in [6.07, 6.45) is 4.05. The van der Waals surface area contributed by atoms with Crippen LogP contribution < -0.4 is 5.73 Å². The average molecular weight is 212 g/mol. The highest BCUT2D eigenvalue weighted by Crippen LogP contribution is 2.31. The molecule has 2 N–H and O–H groups in total. The molecule has 1 heterocycles. The molecule has 0 aromatic rings. The van der Waals surface area contributed by atoms with Gasteiger partial charge in [0.05, 0.1) is 13.2 Å². The maximum absolute atomic E-state index is 11.9. The molecule has 4 heteroatoms. The normalized spacial score (nSPS) is 31.1. The lowest BCUT2D eigenvalue weighted by Crippen LogP contribution is -2.43. The highest BCUT2D eigenvalue weighted by atomic mass is 16.5. The van der Waals surface area contributed by atoms with Crippen LogP contribution in [0.3, 0.4) is 0 Å². The van der Waals surface area contributed by atoms with Crippen LogP contribution in [0.25, 0.3) is 0 Å². The van der Waals surface area contributed by atoms with Crippen LogP contribution in [-0.2, 0) is 9.53 Å². The minimum absolute atomic E-state index is 0.208. The minimum Gasteiger partial charge on any atom is -0.379 e. The molecule has 2 fully saturated rings. The largest absolute Gasteiger partial charge is 0.379 e. The first-order valence-electron chi connectivity index (χ1n) is 5.90. The van der Waals surface area contributed by atoms with Crippen LogP contribution in [0.2, 0.25) is 0 Å². The predicted molar refractivity (Wildman–Crippen MR) is 57.3 cm³/mol. The highest BCUT2D eigenvalue weighted by molar-refractivity contribution is 5.76. The predicted octanol–water partition coefficient (Wildman–Crippen LogP) is 0.363. The van der Waals surface area contributed by atoms with Crippen molar-refractivity contribution in [3.8, 4) is 0 Å². The van der Waals surface area contributed by atoms with Crippen molar-refractivity contribution in [2.24, 2.45) is 11.7 Å². The zero-order valence-electron chi connectivity index (χ0n) is 9.15.